The third kappa shape index (κ3) is 2.81. The molecule has 0 aliphatic carbocycles. The van der Waals surface area contributed by atoms with Gasteiger partial charge < -0.3 is 5.73 Å². The van der Waals surface area contributed by atoms with Crippen LogP contribution in [0.4, 0.5) is 8.78 Å². The molecule has 4 heteroatoms. The molecule has 0 radical (unpaired) electrons. The van der Waals surface area contributed by atoms with E-state index >= 15 is 0 Å². The Bertz CT molecular complexity index is 497. The first kappa shape index (κ1) is 13.6. The molecule has 90 valence electrons. The zero-order valence-electron chi connectivity index (χ0n) is 8.99. The van der Waals surface area contributed by atoms with Crippen LogP contribution in [0.15, 0.2) is 42.5 Å². The molecular formula is C13H12ClF2N. The van der Waals surface area contributed by atoms with Crippen LogP contribution in [0.25, 0.3) is 11.1 Å². The van der Waals surface area contributed by atoms with Crippen LogP contribution in [0.5, 0.6) is 0 Å². The van der Waals surface area contributed by atoms with E-state index in [9.17, 15) is 8.78 Å². The van der Waals surface area contributed by atoms with Gasteiger partial charge in [0.05, 0.1) is 0 Å². The van der Waals surface area contributed by atoms with E-state index in [4.69, 9.17) is 5.73 Å². The molecule has 2 aromatic rings. The van der Waals surface area contributed by atoms with E-state index in [1.165, 1.54) is 6.07 Å². The molecule has 0 spiro atoms. The summed E-state index contributed by atoms with van der Waals surface area (Å²) in [6, 6.07) is 11.2. The van der Waals surface area contributed by atoms with E-state index in [2.05, 4.69) is 0 Å². The van der Waals surface area contributed by atoms with Crippen LogP contribution in [-0.2, 0) is 6.54 Å². The van der Waals surface area contributed by atoms with Gasteiger partial charge in [-0.3, -0.25) is 0 Å². The lowest BCUT2D eigenvalue weighted by Gasteiger charge is -2.05. The molecule has 1 nitrogen and oxygen atoms in total. The molecule has 0 aromatic heterocycles. The molecule has 2 rings (SSSR count). The Kier molecular flexibility index (Phi) is 4.61. The first-order chi connectivity index (χ1) is 7.72. The zero-order valence-corrected chi connectivity index (χ0v) is 9.81. The van der Waals surface area contributed by atoms with Crippen molar-refractivity contribution >= 4 is 12.4 Å². The third-order valence-electron chi connectivity index (χ3n) is 2.45. The quantitative estimate of drug-likeness (QED) is 0.873. The Morgan fingerprint density at radius 1 is 0.941 bits per heavy atom. The van der Waals surface area contributed by atoms with Gasteiger partial charge in [0, 0.05) is 12.1 Å². The van der Waals surface area contributed by atoms with Crippen LogP contribution < -0.4 is 5.73 Å². The highest BCUT2D eigenvalue weighted by molar-refractivity contribution is 5.85. The highest BCUT2D eigenvalue weighted by Gasteiger charge is 2.08. The van der Waals surface area contributed by atoms with Crippen molar-refractivity contribution < 1.29 is 8.78 Å². The third-order valence-corrected chi connectivity index (χ3v) is 2.45. The van der Waals surface area contributed by atoms with Gasteiger partial charge in [-0.05, 0) is 17.2 Å². The topological polar surface area (TPSA) is 26.0 Å². The van der Waals surface area contributed by atoms with Crippen LogP contribution in [0, 0.1) is 11.6 Å². The maximum absolute atomic E-state index is 13.5. The molecule has 2 N–H and O–H groups in total. The highest BCUT2D eigenvalue weighted by atomic mass is 35.5. The van der Waals surface area contributed by atoms with Crippen LogP contribution in [0.2, 0.25) is 0 Å². The van der Waals surface area contributed by atoms with E-state index in [0.29, 0.717) is 12.1 Å². The van der Waals surface area contributed by atoms with Gasteiger partial charge >= 0.3 is 0 Å². The molecule has 0 unspecified atom stereocenters. The second-order valence-electron chi connectivity index (χ2n) is 3.50. The zero-order chi connectivity index (χ0) is 11.5. The number of hydrogen-bond donors (Lipinski definition) is 1. The van der Waals surface area contributed by atoms with Crippen molar-refractivity contribution in [3.63, 3.8) is 0 Å². The highest BCUT2D eigenvalue weighted by Crippen LogP contribution is 2.24. The van der Waals surface area contributed by atoms with Crippen molar-refractivity contribution in [1.82, 2.24) is 0 Å². The average Bonchev–Trinajstić information content (AvgIpc) is 2.33. The maximum atomic E-state index is 13.5. The SMILES string of the molecule is Cl.NCc1ccc(-c2cccc(F)c2F)cc1. The lowest BCUT2D eigenvalue weighted by molar-refractivity contribution is 0.511. The molecule has 0 aliphatic heterocycles. The second-order valence-corrected chi connectivity index (χ2v) is 3.50. The molecule has 0 atom stereocenters. The predicted octanol–water partition coefficient (Wildman–Crippen LogP) is 3.51. The summed E-state index contributed by atoms with van der Waals surface area (Å²) in [6.45, 7) is 0.436. The molecule has 0 bridgehead atoms. The summed E-state index contributed by atoms with van der Waals surface area (Å²) >= 11 is 0. The summed E-state index contributed by atoms with van der Waals surface area (Å²) in [6.07, 6.45) is 0. The Labute approximate surface area is 105 Å². The summed E-state index contributed by atoms with van der Waals surface area (Å²) in [5.41, 5.74) is 7.33. The average molecular weight is 256 g/mol. The van der Waals surface area contributed by atoms with Gasteiger partial charge in [0.1, 0.15) is 0 Å². The fourth-order valence-electron chi connectivity index (χ4n) is 1.55. The smallest absolute Gasteiger partial charge is 0.166 e. The minimum atomic E-state index is -0.833. The van der Waals surface area contributed by atoms with Crippen molar-refractivity contribution in [2.75, 3.05) is 0 Å². The van der Waals surface area contributed by atoms with Crippen molar-refractivity contribution in [1.29, 1.82) is 0 Å². The van der Waals surface area contributed by atoms with E-state index in [1.54, 1.807) is 30.3 Å². The van der Waals surface area contributed by atoms with E-state index in [0.717, 1.165) is 11.6 Å². The van der Waals surface area contributed by atoms with E-state index in [1.807, 2.05) is 0 Å². The monoisotopic (exact) mass is 255 g/mol. The summed E-state index contributed by atoms with van der Waals surface area (Å²) < 4.78 is 26.5. The second kappa shape index (κ2) is 5.75. The van der Waals surface area contributed by atoms with Gasteiger partial charge in [-0.1, -0.05) is 36.4 Å². The van der Waals surface area contributed by atoms with Gasteiger partial charge in [0.15, 0.2) is 11.6 Å². The van der Waals surface area contributed by atoms with Crippen LogP contribution in [-0.4, -0.2) is 0 Å². The summed E-state index contributed by atoms with van der Waals surface area (Å²) in [5, 5.41) is 0. The van der Waals surface area contributed by atoms with E-state index < -0.39 is 11.6 Å². The minimum absolute atomic E-state index is 0. The Morgan fingerprint density at radius 2 is 1.59 bits per heavy atom. The lowest BCUT2D eigenvalue weighted by atomic mass is 10.0. The lowest BCUT2D eigenvalue weighted by Crippen LogP contribution is -1.95. The van der Waals surface area contributed by atoms with Crippen LogP contribution in [0.3, 0.4) is 0 Å². The molecule has 2 aromatic carbocycles. The first-order valence-electron chi connectivity index (χ1n) is 4.96. The largest absolute Gasteiger partial charge is 0.326 e. The van der Waals surface area contributed by atoms with Gasteiger partial charge in [0.2, 0.25) is 0 Å². The molecule has 17 heavy (non-hydrogen) atoms. The summed E-state index contributed by atoms with van der Waals surface area (Å²) in [7, 11) is 0. The summed E-state index contributed by atoms with van der Waals surface area (Å²) in [5.74, 6) is -1.65. The molecule has 0 fully saturated rings. The van der Waals surface area contributed by atoms with Gasteiger partial charge in [-0.2, -0.15) is 0 Å². The molecular weight excluding hydrogens is 244 g/mol. The van der Waals surface area contributed by atoms with E-state index in [-0.39, 0.29) is 18.0 Å². The normalized spacial score (nSPS) is 9.82. The van der Waals surface area contributed by atoms with Crippen molar-refractivity contribution in [2.24, 2.45) is 5.73 Å². The van der Waals surface area contributed by atoms with Crippen molar-refractivity contribution in [3.8, 4) is 11.1 Å². The number of nitrogens with two attached hydrogens (primary N) is 1. The molecule has 0 saturated heterocycles. The predicted molar refractivity (Wildman–Crippen MR) is 66.9 cm³/mol. The number of benzene rings is 2. The molecule has 0 aliphatic rings. The molecule has 0 amide bonds. The van der Waals surface area contributed by atoms with Gasteiger partial charge in [0.25, 0.3) is 0 Å². The van der Waals surface area contributed by atoms with Crippen LogP contribution in [0.1, 0.15) is 5.56 Å². The fraction of sp³-hybridized carbons (Fsp3) is 0.0769. The van der Waals surface area contributed by atoms with Gasteiger partial charge in [-0.25, -0.2) is 8.78 Å². The fourth-order valence-corrected chi connectivity index (χ4v) is 1.55. The Hall–Kier alpha value is -1.45. The first-order valence-corrected chi connectivity index (χ1v) is 4.96. The number of rotatable bonds is 2. The summed E-state index contributed by atoms with van der Waals surface area (Å²) in [4.78, 5) is 0. The standard InChI is InChI=1S/C13H11F2N.ClH/c14-12-3-1-2-11(13(12)15)10-6-4-9(8-16)5-7-10;/h1-7H,8,16H2;1H. The molecule has 0 saturated carbocycles. The maximum Gasteiger partial charge on any atom is 0.166 e. The number of halogens is 3. The van der Waals surface area contributed by atoms with Crippen molar-refractivity contribution in [2.45, 2.75) is 6.54 Å². The van der Waals surface area contributed by atoms with Crippen LogP contribution >= 0.6 is 12.4 Å². The van der Waals surface area contributed by atoms with Gasteiger partial charge in [-0.15, -0.1) is 12.4 Å². The molecule has 0 heterocycles. The number of hydrogen-bond acceptors (Lipinski definition) is 1. The van der Waals surface area contributed by atoms with Crippen molar-refractivity contribution in [3.05, 3.63) is 59.7 Å². The minimum Gasteiger partial charge on any atom is -0.326 e. The Morgan fingerprint density at radius 3 is 2.18 bits per heavy atom. The Balaban J connectivity index is 0.00000144.